The summed E-state index contributed by atoms with van der Waals surface area (Å²) in [5.41, 5.74) is 0.942. The molecule has 1 heterocycles. The summed E-state index contributed by atoms with van der Waals surface area (Å²) in [5.74, 6) is 0.453. The molecule has 4 nitrogen and oxygen atoms in total. The van der Waals surface area contributed by atoms with Gasteiger partial charge in [0.2, 0.25) is 0 Å². The molecular weight excluding hydrogens is 352 g/mol. The number of rotatable bonds is 4. The minimum atomic E-state index is -0.327. The fraction of sp³-hybridized carbons (Fsp3) is 0.684. The van der Waals surface area contributed by atoms with Gasteiger partial charge < -0.3 is 15.4 Å². The summed E-state index contributed by atoms with van der Waals surface area (Å²) in [6.45, 7) is 9.05. The van der Waals surface area contributed by atoms with Crippen LogP contribution in [0.15, 0.2) is 6.07 Å². The third-order valence-corrected chi connectivity index (χ3v) is 6.47. The van der Waals surface area contributed by atoms with Gasteiger partial charge in [-0.15, -0.1) is 11.3 Å². The summed E-state index contributed by atoms with van der Waals surface area (Å²) in [7, 11) is 1.40. The normalized spacial score (nSPS) is 20.8. The second kappa shape index (κ2) is 8.49. The van der Waals surface area contributed by atoms with Crippen LogP contribution in [0.5, 0.6) is 0 Å². The van der Waals surface area contributed by atoms with Crippen LogP contribution in [0.3, 0.4) is 0 Å². The summed E-state index contributed by atoms with van der Waals surface area (Å²) >= 11 is 7.04. The molecule has 2 N–H and O–H groups in total. The Morgan fingerprint density at radius 1 is 1.32 bits per heavy atom. The molecule has 1 aliphatic rings. The standard InChI is InChI=1S/C19H30N2O2S2/c1-6-14-11-15(17(22)23-5)16(25-14)21-18(24)20-13-9-7-12(8-10-13)19(2,3)4/h11-13H,6-10H2,1-5H3,(H2,20,21,24). The van der Waals surface area contributed by atoms with Crippen LogP contribution in [0.2, 0.25) is 0 Å². The van der Waals surface area contributed by atoms with Crippen LogP contribution in [0.4, 0.5) is 5.00 Å². The average molecular weight is 383 g/mol. The van der Waals surface area contributed by atoms with Gasteiger partial charge in [0.15, 0.2) is 5.11 Å². The van der Waals surface area contributed by atoms with Gasteiger partial charge in [-0.2, -0.15) is 0 Å². The first-order chi connectivity index (χ1) is 11.7. The SMILES string of the molecule is CCc1cc(C(=O)OC)c(NC(=S)NC2CCC(C(C)(C)C)CC2)s1. The molecule has 1 fully saturated rings. The van der Waals surface area contributed by atoms with Gasteiger partial charge in [-0.3, -0.25) is 0 Å². The molecule has 1 aromatic rings. The van der Waals surface area contributed by atoms with E-state index in [0.717, 1.165) is 35.1 Å². The molecule has 1 saturated carbocycles. The molecule has 0 spiro atoms. The Morgan fingerprint density at radius 3 is 2.48 bits per heavy atom. The summed E-state index contributed by atoms with van der Waals surface area (Å²) in [5, 5.41) is 7.99. The second-order valence-corrected chi connectivity index (χ2v) is 9.36. The van der Waals surface area contributed by atoms with Crippen molar-refractivity contribution in [3.63, 3.8) is 0 Å². The fourth-order valence-corrected chi connectivity index (χ4v) is 4.72. The van der Waals surface area contributed by atoms with Crippen molar-refractivity contribution in [1.29, 1.82) is 0 Å². The van der Waals surface area contributed by atoms with Gasteiger partial charge in [0.05, 0.1) is 12.7 Å². The number of esters is 1. The summed E-state index contributed by atoms with van der Waals surface area (Å²) in [6.07, 6.45) is 5.62. The second-order valence-electron chi connectivity index (χ2n) is 7.81. The lowest BCUT2D eigenvalue weighted by Crippen LogP contribution is -2.41. The van der Waals surface area contributed by atoms with Crippen LogP contribution in [-0.2, 0) is 11.2 Å². The van der Waals surface area contributed by atoms with Crippen LogP contribution in [0, 0.1) is 11.3 Å². The van der Waals surface area contributed by atoms with Crippen LogP contribution in [0.25, 0.3) is 0 Å². The van der Waals surface area contributed by atoms with Crippen molar-refractivity contribution >= 4 is 39.6 Å². The van der Waals surface area contributed by atoms with E-state index in [-0.39, 0.29) is 5.97 Å². The Kier molecular flexibility index (Phi) is 6.86. The van der Waals surface area contributed by atoms with Crippen molar-refractivity contribution in [3.05, 3.63) is 16.5 Å². The number of nitrogens with one attached hydrogen (secondary N) is 2. The van der Waals surface area contributed by atoms with Crippen LogP contribution >= 0.6 is 23.6 Å². The Morgan fingerprint density at radius 2 is 1.96 bits per heavy atom. The number of anilines is 1. The molecule has 0 aromatic carbocycles. The number of ether oxygens (including phenoxy) is 1. The maximum atomic E-state index is 11.9. The fourth-order valence-electron chi connectivity index (χ4n) is 3.40. The number of hydrogen-bond donors (Lipinski definition) is 2. The zero-order valence-electron chi connectivity index (χ0n) is 15.9. The number of carbonyl (C=O) groups is 1. The molecule has 1 aromatic heterocycles. The largest absolute Gasteiger partial charge is 0.465 e. The zero-order valence-corrected chi connectivity index (χ0v) is 17.5. The molecule has 0 amide bonds. The van der Waals surface area contributed by atoms with Crippen LogP contribution < -0.4 is 10.6 Å². The molecule has 0 bridgehead atoms. The number of thiophene rings is 1. The quantitative estimate of drug-likeness (QED) is 0.568. The van der Waals surface area contributed by atoms with E-state index in [4.69, 9.17) is 17.0 Å². The lowest BCUT2D eigenvalue weighted by atomic mass is 9.71. The number of aryl methyl sites for hydroxylation is 1. The molecule has 0 unspecified atom stereocenters. The molecule has 0 saturated heterocycles. The summed E-state index contributed by atoms with van der Waals surface area (Å²) < 4.78 is 4.87. The van der Waals surface area contributed by atoms with E-state index in [0.29, 0.717) is 22.1 Å². The first-order valence-corrected chi connectivity index (χ1v) is 10.3. The minimum Gasteiger partial charge on any atom is -0.465 e. The minimum absolute atomic E-state index is 0.327. The van der Waals surface area contributed by atoms with E-state index in [1.807, 2.05) is 6.07 Å². The smallest absolute Gasteiger partial charge is 0.340 e. The van der Waals surface area contributed by atoms with Gasteiger partial charge in [-0.25, -0.2) is 4.79 Å². The molecule has 1 aliphatic carbocycles. The van der Waals surface area contributed by atoms with Crippen molar-refractivity contribution in [2.45, 2.75) is 65.8 Å². The summed E-state index contributed by atoms with van der Waals surface area (Å²) in [4.78, 5) is 13.1. The average Bonchev–Trinajstić information content (AvgIpc) is 2.96. The van der Waals surface area contributed by atoms with Crippen molar-refractivity contribution in [1.82, 2.24) is 5.32 Å². The summed E-state index contributed by atoms with van der Waals surface area (Å²) in [6, 6.07) is 2.29. The lowest BCUT2D eigenvalue weighted by molar-refractivity contribution is 0.0602. The number of thiocarbonyl (C=S) groups is 1. The highest BCUT2D eigenvalue weighted by Crippen LogP contribution is 2.37. The number of carbonyl (C=O) groups excluding carboxylic acids is 1. The monoisotopic (exact) mass is 382 g/mol. The van der Waals surface area contributed by atoms with Gasteiger partial charge in [0.1, 0.15) is 5.00 Å². The maximum absolute atomic E-state index is 11.9. The van der Waals surface area contributed by atoms with E-state index >= 15 is 0 Å². The topological polar surface area (TPSA) is 50.4 Å². The molecule has 0 atom stereocenters. The molecule has 6 heteroatoms. The predicted molar refractivity (Wildman–Crippen MR) is 110 cm³/mol. The van der Waals surface area contributed by atoms with Crippen molar-refractivity contribution < 1.29 is 9.53 Å². The van der Waals surface area contributed by atoms with E-state index in [1.165, 1.54) is 20.0 Å². The molecule has 25 heavy (non-hydrogen) atoms. The van der Waals surface area contributed by atoms with Gasteiger partial charge in [-0.05, 0) is 61.7 Å². The third-order valence-electron chi connectivity index (χ3n) is 5.05. The van der Waals surface area contributed by atoms with E-state index in [1.54, 1.807) is 11.3 Å². The first kappa shape index (κ1) is 20.2. The maximum Gasteiger partial charge on any atom is 0.340 e. The molecule has 0 aliphatic heterocycles. The third kappa shape index (κ3) is 5.42. The molecule has 2 rings (SSSR count). The Balaban J connectivity index is 1.93. The Labute approximate surface area is 160 Å². The highest BCUT2D eigenvalue weighted by atomic mass is 32.1. The Bertz CT molecular complexity index is 611. The number of methoxy groups -OCH3 is 1. The van der Waals surface area contributed by atoms with Gasteiger partial charge in [0, 0.05) is 10.9 Å². The van der Waals surface area contributed by atoms with Crippen molar-refractivity contribution in [2.24, 2.45) is 11.3 Å². The molecular formula is C19H30N2O2S2. The predicted octanol–water partition coefficient (Wildman–Crippen LogP) is 4.99. The van der Waals surface area contributed by atoms with Crippen molar-refractivity contribution in [2.75, 3.05) is 12.4 Å². The first-order valence-electron chi connectivity index (χ1n) is 9.03. The molecule has 0 radical (unpaired) electrons. The van der Waals surface area contributed by atoms with Gasteiger partial charge >= 0.3 is 5.97 Å². The molecule has 140 valence electrons. The lowest BCUT2D eigenvalue weighted by Gasteiger charge is -2.37. The van der Waals surface area contributed by atoms with Crippen LogP contribution in [0.1, 0.15) is 68.6 Å². The van der Waals surface area contributed by atoms with Gasteiger partial charge in [-0.1, -0.05) is 27.7 Å². The van der Waals surface area contributed by atoms with E-state index < -0.39 is 0 Å². The van der Waals surface area contributed by atoms with E-state index in [2.05, 4.69) is 38.3 Å². The van der Waals surface area contributed by atoms with Crippen LogP contribution in [-0.4, -0.2) is 24.2 Å². The Hall–Kier alpha value is -1.14. The zero-order chi connectivity index (χ0) is 18.6. The van der Waals surface area contributed by atoms with Crippen molar-refractivity contribution in [3.8, 4) is 0 Å². The highest BCUT2D eigenvalue weighted by Gasteiger charge is 2.30. The van der Waals surface area contributed by atoms with E-state index in [9.17, 15) is 4.79 Å². The number of hydrogen-bond acceptors (Lipinski definition) is 4. The highest BCUT2D eigenvalue weighted by molar-refractivity contribution is 7.80. The van der Waals surface area contributed by atoms with Gasteiger partial charge in [0.25, 0.3) is 0 Å².